The summed E-state index contributed by atoms with van der Waals surface area (Å²) in [7, 11) is 0. The van der Waals surface area contributed by atoms with Crippen LogP contribution in [0.5, 0.6) is 0 Å². The highest BCUT2D eigenvalue weighted by atomic mass is 79.9. The highest BCUT2D eigenvalue weighted by Crippen LogP contribution is 2.19. The topological polar surface area (TPSA) is 88.0 Å². The molecular weight excluding hydrogens is 324 g/mol. The van der Waals surface area contributed by atoms with Crippen LogP contribution < -0.4 is 5.32 Å². The first-order valence-electron chi connectivity index (χ1n) is 5.03. The molecular formula is C10H9BrN2O4S. The number of aliphatic carboxylic acids is 1. The van der Waals surface area contributed by atoms with Crippen molar-refractivity contribution in [3.05, 3.63) is 20.8 Å². The SMILES string of the molecule is O=C(O)C1=NOC(C(=O)NCc2cc(Br)cs2)C1. The number of carboxylic acid groups (broad SMARTS) is 1. The van der Waals surface area contributed by atoms with Gasteiger partial charge in [0.25, 0.3) is 5.91 Å². The van der Waals surface area contributed by atoms with Crippen LogP contribution in [0.4, 0.5) is 0 Å². The predicted molar refractivity (Wildman–Crippen MR) is 68.4 cm³/mol. The summed E-state index contributed by atoms with van der Waals surface area (Å²) >= 11 is 4.83. The Morgan fingerprint density at radius 3 is 3.00 bits per heavy atom. The van der Waals surface area contributed by atoms with E-state index in [2.05, 4.69) is 26.4 Å². The average Bonchev–Trinajstić information content (AvgIpc) is 2.94. The van der Waals surface area contributed by atoms with Crippen molar-refractivity contribution >= 4 is 44.9 Å². The number of nitrogens with zero attached hydrogens (tertiary/aromatic N) is 1. The molecule has 1 atom stereocenters. The lowest BCUT2D eigenvalue weighted by Crippen LogP contribution is -2.34. The first-order valence-corrected chi connectivity index (χ1v) is 6.70. The molecule has 0 radical (unpaired) electrons. The van der Waals surface area contributed by atoms with E-state index in [4.69, 9.17) is 9.94 Å². The molecule has 0 aliphatic carbocycles. The fraction of sp³-hybridized carbons (Fsp3) is 0.300. The molecule has 1 aliphatic heterocycles. The van der Waals surface area contributed by atoms with Crippen molar-refractivity contribution in [2.75, 3.05) is 0 Å². The van der Waals surface area contributed by atoms with Crippen LogP contribution in [-0.2, 0) is 21.0 Å². The molecule has 8 heteroatoms. The second-order valence-electron chi connectivity index (χ2n) is 3.59. The van der Waals surface area contributed by atoms with E-state index in [1.807, 2.05) is 11.4 Å². The van der Waals surface area contributed by atoms with E-state index in [0.717, 1.165) is 9.35 Å². The number of halogens is 1. The summed E-state index contributed by atoms with van der Waals surface area (Å²) in [6.07, 6.45) is -0.852. The van der Waals surface area contributed by atoms with Crippen LogP contribution in [-0.4, -0.2) is 28.8 Å². The van der Waals surface area contributed by atoms with Gasteiger partial charge in [0.1, 0.15) is 0 Å². The van der Waals surface area contributed by atoms with Gasteiger partial charge in [-0.1, -0.05) is 5.16 Å². The largest absolute Gasteiger partial charge is 0.477 e. The summed E-state index contributed by atoms with van der Waals surface area (Å²) < 4.78 is 0.963. The number of nitrogens with one attached hydrogen (secondary N) is 1. The summed E-state index contributed by atoms with van der Waals surface area (Å²) in [5.41, 5.74) is -0.131. The third-order valence-electron chi connectivity index (χ3n) is 2.27. The molecule has 1 aromatic rings. The normalized spacial score (nSPS) is 18.1. The van der Waals surface area contributed by atoms with Crippen molar-refractivity contribution in [3.63, 3.8) is 0 Å². The maximum Gasteiger partial charge on any atom is 0.353 e. The molecule has 0 saturated heterocycles. The lowest BCUT2D eigenvalue weighted by Gasteiger charge is -2.07. The molecule has 2 N–H and O–H groups in total. The minimum Gasteiger partial charge on any atom is -0.477 e. The second-order valence-corrected chi connectivity index (χ2v) is 5.50. The molecule has 0 spiro atoms. The van der Waals surface area contributed by atoms with Crippen LogP contribution in [0.3, 0.4) is 0 Å². The number of rotatable bonds is 4. The average molecular weight is 333 g/mol. The molecule has 0 saturated carbocycles. The number of oxime groups is 1. The van der Waals surface area contributed by atoms with Gasteiger partial charge in [-0.2, -0.15) is 0 Å². The third-order valence-corrected chi connectivity index (χ3v) is 3.96. The van der Waals surface area contributed by atoms with Crippen LogP contribution in [0.2, 0.25) is 0 Å². The Labute approximate surface area is 115 Å². The van der Waals surface area contributed by atoms with Gasteiger partial charge in [0, 0.05) is 21.2 Å². The van der Waals surface area contributed by atoms with Crippen molar-refractivity contribution in [1.29, 1.82) is 0 Å². The minimum absolute atomic E-state index is 0.00466. The molecule has 1 unspecified atom stereocenters. The molecule has 1 aliphatic rings. The van der Waals surface area contributed by atoms with Crippen molar-refractivity contribution in [2.24, 2.45) is 5.16 Å². The third kappa shape index (κ3) is 3.08. The van der Waals surface area contributed by atoms with E-state index in [0.29, 0.717) is 6.54 Å². The summed E-state index contributed by atoms with van der Waals surface area (Å²) in [5, 5.41) is 16.6. The summed E-state index contributed by atoms with van der Waals surface area (Å²) in [4.78, 5) is 28.1. The summed E-state index contributed by atoms with van der Waals surface area (Å²) in [5.74, 6) is -1.52. The number of carbonyl (C=O) groups is 2. The number of hydrogen-bond acceptors (Lipinski definition) is 5. The molecule has 1 aromatic heterocycles. The van der Waals surface area contributed by atoms with Gasteiger partial charge < -0.3 is 15.3 Å². The molecule has 0 aromatic carbocycles. The summed E-state index contributed by atoms with van der Waals surface area (Å²) in [6.45, 7) is 0.386. The number of carbonyl (C=O) groups excluding carboxylic acids is 1. The van der Waals surface area contributed by atoms with Crippen molar-refractivity contribution < 1.29 is 19.5 Å². The van der Waals surface area contributed by atoms with Crippen LogP contribution in [0.25, 0.3) is 0 Å². The van der Waals surface area contributed by atoms with E-state index >= 15 is 0 Å². The monoisotopic (exact) mass is 332 g/mol. The smallest absolute Gasteiger partial charge is 0.353 e. The fourth-order valence-corrected chi connectivity index (χ4v) is 2.77. The molecule has 0 fully saturated rings. The molecule has 96 valence electrons. The lowest BCUT2D eigenvalue weighted by molar-refractivity contribution is -0.131. The van der Waals surface area contributed by atoms with Crippen LogP contribution >= 0.6 is 27.3 Å². The molecule has 2 heterocycles. The van der Waals surface area contributed by atoms with E-state index in [-0.39, 0.29) is 18.0 Å². The first-order chi connectivity index (χ1) is 8.56. The number of amides is 1. The zero-order valence-corrected chi connectivity index (χ0v) is 11.5. The first kappa shape index (κ1) is 13.0. The van der Waals surface area contributed by atoms with E-state index in [1.165, 1.54) is 11.3 Å². The highest BCUT2D eigenvalue weighted by Gasteiger charge is 2.31. The Hall–Kier alpha value is -1.41. The van der Waals surface area contributed by atoms with Gasteiger partial charge in [-0.15, -0.1) is 11.3 Å². The maximum absolute atomic E-state index is 11.7. The number of carboxylic acids is 1. The van der Waals surface area contributed by atoms with Gasteiger partial charge in [-0.25, -0.2) is 4.79 Å². The standard InChI is InChI=1S/C10H9BrN2O4S/c11-5-1-6(18-4-5)3-12-9(14)8-2-7(10(15)16)13-17-8/h1,4,8H,2-3H2,(H,12,14)(H,15,16). The van der Waals surface area contributed by atoms with Crippen LogP contribution in [0.1, 0.15) is 11.3 Å². The summed E-state index contributed by atoms with van der Waals surface area (Å²) in [6, 6.07) is 1.90. The van der Waals surface area contributed by atoms with Gasteiger partial charge in [0.05, 0.1) is 6.54 Å². The van der Waals surface area contributed by atoms with E-state index < -0.39 is 12.1 Å². The molecule has 1 amide bonds. The Kier molecular flexibility index (Phi) is 3.97. The Morgan fingerprint density at radius 1 is 1.67 bits per heavy atom. The molecule has 2 rings (SSSR count). The van der Waals surface area contributed by atoms with E-state index in [1.54, 1.807) is 0 Å². The maximum atomic E-state index is 11.7. The second kappa shape index (κ2) is 5.49. The Bertz CT molecular complexity index is 514. The highest BCUT2D eigenvalue weighted by molar-refractivity contribution is 9.10. The van der Waals surface area contributed by atoms with Gasteiger partial charge in [0.2, 0.25) is 6.10 Å². The van der Waals surface area contributed by atoms with Crippen LogP contribution in [0.15, 0.2) is 21.1 Å². The number of hydrogen-bond donors (Lipinski definition) is 2. The minimum atomic E-state index is -1.16. The zero-order valence-electron chi connectivity index (χ0n) is 9.05. The Morgan fingerprint density at radius 2 is 2.44 bits per heavy atom. The number of thiophene rings is 1. The van der Waals surface area contributed by atoms with Gasteiger partial charge in [-0.3, -0.25) is 4.79 Å². The fourth-order valence-electron chi connectivity index (χ4n) is 1.38. The van der Waals surface area contributed by atoms with Gasteiger partial charge >= 0.3 is 5.97 Å². The van der Waals surface area contributed by atoms with Gasteiger partial charge in [0.15, 0.2) is 5.71 Å². The zero-order chi connectivity index (χ0) is 13.1. The van der Waals surface area contributed by atoms with Crippen molar-refractivity contribution in [2.45, 2.75) is 19.1 Å². The molecule has 18 heavy (non-hydrogen) atoms. The molecule has 6 nitrogen and oxygen atoms in total. The van der Waals surface area contributed by atoms with E-state index in [9.17, 15) is 9.59 Å². The van der Waals surface area contributed by atoms with Gasteiger partial charge in [-0.05, 0) is 22.0 Å². The van der Waals surface area contributed by atoms with Crippen molar-refractivity contribution in [1.82, 2.24) is 5.32 Å². The van der Waals surface area contributed by atoms with Crippen LogP contribution in [0, 0.1) is 0 Å². The lowest BCUT2D eigenvalue weighted by atomic mass is 10.2. The molecule has 0 bridgehead atoms. The van der Waals surface area contributed by atoms with Crippen molar-refractivity contribution in [3.8, 4) is 0 Å². The quantitative estimate of drug-likeness (QED) is 0.871. The predicted octanol–water partition coefficient (Wildman–Crippen LogP) is 1.36. The Balaban J connectivity index is 1.82.